The summed E-state index contributed by atoms with van der Waals surface area (Å²) in [4.78, 5) is 24.0. The number of amides is 2. The summed E-state index contributed by atoms with van der Waals surface area (Å²) in [6, 6.07) is 9.78. The van der Waals surface area contributed by atoms with Gasteiger partial charge in [0.15, 0.2) is 0 Å². The van der Waals surface area contributed by atoms with E-state index in [9.17, 15) is 14.9 Å². The van der Waals surface area contributed by atoms with E-state index in [1.165, 1.54) is 11.8 Å². The first-order chi connectivity index (χ1) is 12.5. The van der Waals surface area contributed by atoms with Crippen LogP contribution in [0.25, 0.3) is 0 Å². The van der Waals surface area contributed by atoms with Gasteiger partial charge in [-0.1, -0.05) is 39.8 Å². The highest BCUT2D eigenvalue weighted by Crippen LogP contribution is 2.36. The fourth-order valence-electron chi connectivity index (χ4n) is 2.57. The van der Waals surface area contributed by atoms with Gasteiger partial charge in [-0.25, -0.2) is 0 Å². The maximum absolute atomic E-state index is 12.1. The van der Waals surface area contributed by atoms with Crippen molar-refractivity contribution in [3.8, 4) is 6.07 Å². The Hall–Kier alpha value is -1.82. The number of nitrogens with zero attached hydrogens (tertiary/aromatic N) is 1. The first-order valence-corrected chi connectivity index (χ1v) is 9.91. The number of carbonyl (C=O) groups excluding carboxylic acids is 2. The Balaban J connectivity index is 2.08. The maximum Gasteiger partial charge on any atom is 0.230 e. The van der Waals surface area contributed by atoms with Gasteiger partial charge in [-0.2, -0.15) is 5.26 Å². The summed E-state index contributed by atoms with van der Waals surface area (Å²) in [5, 5.41) is 15.6. The van der Waals surface area contributed by atoms with Crippen LogP contribution in [0.3, 0.4) is 0 Å². The molecule has 6 nitrogen and oxygen atoms in total. The number of hydrogen-bond acceptors (Lipinski definition) is 5. The molecule has 0 aromatic heterocycles. The molecule has 2 rings (SSSR count). The second-order valence-electron chi connectivity index (χ2n) is 5.70. The Morgan fingerprint density at radius 2 is 2.35 bits per heavy atom. The van der Waals surface area contributed by atoms with Gasteiger partial charge in [-0.05, 0) is 24.1 Å². The number of nitriles is 1. The second-order valence-corrected chi connectivity index (χ2v) is 7.60. The van der Waals surface area contributed by atoms with E-state index in [0.717, 1.165) is 16.5 Å². The van der Waals surface area contributed by atoms with Gasteiger partial charge in [0.05, 0.1) is 22.4 Å². The van der Waals surface area contributed by atoms with E-state index in [1.807, 2.05) is 24.3 Å². The molecule has 0 unspecified atom stereocenters. The summed E-state index contributed by atoms with van der Waals surface area (Å²) in [5.74, 6) is -0.468. The number of rotatable bonds is 8. The quantitative estimate of drug-likeness (QED) is 0.609. The minimum Gasteiger partial charge on any atom is -0.385 e. The van der Waals surface area contributed by atoms with Crippen molar-refractivity contribution in [2.45, 2.75) is 18.8 Å². The standard InChI is InChI=1S/C18H20BrN3O3S/c1-25-7-3-6-21-17(24)11-26-18-15(10-20)14(9-16(23)22-18)12-4-2-5-13(19)8-12/h2,4-5,8,14H,3,6-7,9,11H2,1H3,(H,21,24)(H,22,23)/t14-/m0/s1. The molecule has 0 saturated heterocycles. The average molecular weight is 438 g/mol. The zero-order chi connectivity index (χ0) is 18.9. The molecular weight excluding hydrogens is 418 g/mol. The number of carbonyl (C=O) groups is 2. The molecule has 1 aromatic rings. The van der Waals surface area contributed by atoms with Crippen LogP contribution in [-0.4, -0.2) is 37.8 Å². The molecule has 138 valence electrons. The van der Waals surface area contributed by atoms with Gasteiger partial charge in [0.2, 0.25) is 11.8 Å². The summed E-state index contributed by atoms with van der Waals surface area (Å²) < 4.78 is 5.82. The third kappa shape index (κ3) is 5.87. The maximum atomic E-state index is 12.1. The molecule has 0 fully saturated rings. The van der Waals surface area contributed by atoms with Gasteiger partial charge in [0, 0.05) is 37.1 Å². The number of thioether (sulfide) groups is 1. The van der Waals surface area contributed by atoms with Crippen molar-refractivity contribution >= 4 is 39.5 Å². The summed E-state index contributed by atoms with van der Waals surface area (Å²) in [6.45, 7) is 1.12. The van der Waals surface area contributed by atoms with Crippen LogP contribution < -0.4 is 10.6 Å². The highest BCUT2D eigenvalue weighted by Gasteiger charge is 2.29. The van der Waals surface area contributed by atoms with Crippen molar-refractivity contribution in [3.63, 3.8) is 0 Å². The van der Waals surface area contributed by atoms with Crippen molar-refractivity contribution in [2.75, 3.05) is 26.0 Å². The Bertz CT molecular complexity index is 745. The van der Waals surface area contributed by atoms with E-state index in [2.05, 4.69) is 32.6 Å². The van der Waals surface area contributed by atoms with Crippen LogP contribution in [0.4, 0.5) is 0 Å². The normalized spacial score (nSPS) is 16.8. The topological polar surface area (TPSA) is 91.2 Å². The number of allylic oxidation sites excluding steroid dienone is 1. The SMILES string of the molecule is COCCCNC(=O)CSC1=C(C#N)[C@H](c2cccc(Br)c2)CC(=O)N1. The van der Waals surface area contributed by atoms with E-state index in [4.69, 9.17) is 4.74 Å². The van der Waals surface area contributed by atoms with Gasteiger partial charge >= 0.3 is 0 Å². The number of nitrogens with one attached hydrogen (secondary N) is 2. The van der Waals surface area contributed by atoms with Crippen LogP contribution in [0.2, 0.25) is 0 Å². The van der Waals surface area contributed by atoms with Crippen molar-refractivity contribution < 1.29 is 14.3 Å². The monoisotopic (exact) mass is 437 g/mol. The summed E-state index contributed by atoms with van der Waals surface area (Å²) in [5.41, 5.74) is 1.38. The third-order valence-corrected chi connectivity index (χ3v) is 5.31. The molecule has 2 N–H and O–H groups in total. The fourth-order valence-corrected chi connectivity index (χ4v) is 3.90. The summed E-state index contributed by atoms with van der Waals surface area (Å²) in [6.07, 6.45) is 0.952. The van der Waals surface area contributed by atoms with Crippen LogP contribution in [-0.2, 0) is 14.3 Å². The molecule has 0 saturated carbocycles. The largest absolute Gasteiger partial charge is 0.385 e. The molecule has 0 aliphatic carbocycles. The first-order valence-electron chi connectivity index (χ1n) is 8.13. The lowest BCUT2D eigenvalue weighted by Crippen LogP contribution is -2.32. The van der Waals surface area contributed by atoms with Crippen LogP contribution in [0.5, 0.6) is 0 Å². The van der Waals surface area contributed by atoms with Gasteiger partial charge in [0.25, 0.3) is 0 Å². The Kier molecular flexibility index (Phi) is 8.16. The predicted molar refractivity (Wildman–Crippen MR) is 104 cm³/mol. The second kappa shape index (κ2) is 10.4. The number of ether oxygens (including phenoxy) is 1. The van der Waals surface area contributed by atoms with Crippen molar-refractivity contribution in [2.24, 2.45) is 0 Å². The van der Waals surface area contributed by atoms with Crippen molar-refractivity contribution in [1.82, 2.24) is 10.6 Å². The number of methoxy groups -OCH3 is 1. The summed E-state index contributed by atoms with van der Waals surface area (Å²) in [7, 11) is 1.61. The molecule has 1 aliphatic rings. The van der Waals surface area contributed by atoms with Gasteiger partial charge in [-0.3, -0.25) is 9.59 Å². The minimum absolute atomic E-state index is 0.138. The van der Waals surface area contributed by atoms with Crippen LogP contribution in [0.15, 0.2) is 39.3 Å². The highest BCUT2D eigenvalue weighted by atomic mass is 79.9. The lowest BCUT2D eigenvalue weighted by atomic mass is 9.87. The van der Waals surface area contributed by atoms with Gasteiger partial charge < -0.3 is 15.4 Å². The fraction of sp³-hybridized carbons (Fsp3) is 0.389. The Morgan fingerprint density at radius 3 is 3.04 bits per heavy atom. The van der Waals surface area contributed by atoms with Crippen molar-refractivity contribution in [1.29, 1.82) is 5.26 Å². The molecule has 2 amide bonds. The molecular formula is C18H20BrN3O3S. The Morgan fingerprint density at radius 1 is 1.54 bits per heavy atom. The first kappa shape index (κ1) is 20.5. The van der Waals surface area contributed by atoms with Crippen LogP contribution >= 0.6 is 27.7 Å². The van der Waals surface area contributed by atoms with Gasteiger partial charge in [-0.15, -0.1) is 0 Å². The van der Waals surface area contributed by atoms with Crippen LogP contribution in [0.1, 0.15) is 24.3 Å². The molecule has 26 heavy (non-hydrogen) atoms. The molecule has 1 atom stereocenters. The van der Waals surface area contributed by atoms with E-state index >= 15 is 0 Å². The minimum atomic E-state index is -0.307. The van der Waals surface area contributed by atoms with E-state index < -0.39 is 0 Å². The highest BCUT2D eigenvalue weighted by molar-refractivity contribution is 9.10. The number of benzene rings is 1. The lowest BCUT2D eigenvalue weighted by molar-refractivity contribution is -0.121. The molecule has 0 bridgehead atoms. The molecule has 0 spiro atoms. The van der Waals surface area contributed by atoms with E-state index in [1.54, 1.807) is 7.11 Å². The zero-order valence-electron chi connectivity index (χ0n) is 14.4. The van der Waals surface area contributed by atoms with E-state index in [-0.39, 0.29) is 29.9 Å². The smallest absolute Gasteiger partial charge is 0.230 e. The Labute approximate surface area is 165 Å². The van der Waals surface area contributed by atoms with Gasteiger partial charge in [0.1, 0.15) is 0 Å². The van der Waals surface area contributed by atoms with Crippen LogP contribution in [0, 0.1) is 11.3 Å². The number of halogens is 1. The molecule has 0 radical (unpaired) electrons. The molecule has 8 heteroatoms. The molecule has 1 aromatic carbocycles. The number of hydrogen-bond donors (Lipinski definition) is 2. The average Bonchev–Trinajstić information content (AvgIpc) is 2.63. The summed E-state index contributed by atoms with van der Waals surface area (Å²) >= 11 is 4.60. The molecule has 1 heterocycles. The van der Waals surface area contributed by atoms with E-state index in [0.29, 0.717) is 23.8 Å². The molecule has 1 aliphatic heterocycles. The predicted octanol–water partition coefficient (Wildman–Crippen LogP) is 2.67. The third-order valence-electron chi connectivity index (χ3n) is 3.80. The lowest BCUT2D eigenvalue weighted by Gasteiger charge is -2.25. The van der Waals surface area contributed by atoms with Crippen molar-refractivity contribution in [3.05, 3.63) is 44.9 Å². The zero-order valence-corrected chi connectivity index (χ0v) is 16.8.